The third-order valence-electron chi connectivity index (χ3n) is 3.39. The topological polar surface area (TPSA) is 68.0 Å². The lowest BCUT2D eigenvalue weighted by Gasteiger charge is -2.09. The van der Waals surface area contributed by atoms with Crippen LogP contribution < -0.4 is 11.1 Å². The van der Waals surface area contributed by atoms with Gasteiger partial charge in [0, 0.05) is 16.8 Å². The van der Waals surface area contributed by atoms with Crippen LogP contribution >= 0.6 is 11.3 Å². The predicted molar refractivity (Wildman–Crippen MR) is 88.2 cm³/mol. The summed E-state index contributed by atoms with van der Waals surface area (Å²) in [6.45, 7) is 1.82. The minimum absolute atomic E-state index is 0.0517. The molecule has 1 amide bonds. The molecule has 2 heterocycles. The van der Waals surface area contributed by atoms with Crippen molar-refractivity contribution < 1.29 is 18.0 Å². The number of carbonyl (C=O) groups excluding carboxylic acids is 1. The Bertz CT molecular complexity index is 934. The van der Waals surface area contributed by atoms with E-state index in [1.807, 2.05) is 6.92 Å². The number of carbonyl (C=O) groups is 1. The number of amides is 1. The molecule has 0 spiro atoms. The molecule has 124 valence electrons. The Morgan fingerprint density at radius 1 is 1.25 bits per heavy atom. The molecular formula is C16H12F3N3OS. The molecule has 0 aliphatic heterocycles. The molecule has 0 atom stereocenters. The molecule has 0 unspecified atom stereocenters. The molecule has 24 heavy (non-hydrogen) atoms. The van der Waals surface area contributed by atoms with Gasteiger partial charge in [-0.1, -0.05) is 6.07 Å². The molecule has 0 bridgehead atoms. The van der Waals surface area contributed by atoms with E-state index in [-0.39, 0.29) is 16.3 Å². The maximum absolute atomic E-state index is 12.7. The van der Waals surface area contributed by atoms with Gasteiger partial charge in [-0.2, -0.15) is 13.2 Å². The first kappa shape index (κ1) is 16.3. The first-order valence-corrected chi connectivity index (χ1v) is 7.71. The number of aromatic nitrogens is 1. The van der Waals surface area contributed by atoms with Crippen LogP contribution in [0, 0.1) is 6.92 Å². The van der Waals surface area contributed by atoms with Crippen LogP contribution in [0.5, 0.6) is 0 Å². The fraction of sp³-hybridized carbons (Fsp3) is 0.125. The zero-order valence-corrected chi connectivity index (χ0v) is 13.3. The molecule has 0 saturated heterocycles. The van der Waals surface area contributed by atoms with Crippen LogP contribution in [0.15, 0.2) is 36.4 Å². The molecule has 0 saturated carbocycles. The van der Waals surface area contributed by atoms with Gasteiger partial charge in [-0.3, -0.25) is 4.79 Å². The Hall–Kier alpha value is -2.61. The van der Waals surface area contributed by atoms with Crippen LogP contribution in [0.3, 0.4) is 0 Å². The van der Waals surface area contributed by atoms with E-state index in [0.29, 0.717) is 10.2 Å². The lowest BCUT2D eigenvalue weighted by molar-refractivity contribution is -0.137. The number of benzene rings is 1. The molecule has 4 nitrogen and oxygen atoms in total. The molecular weight excluding hydrogens is 339 g/mol. The Kier molecular flexibility index (Phi) is 3.92. The summed E-state index contributed by atoms with van der Waals surface area (Å²) in [6.07, 6.45) is -4.47. The van der Waals surface area contributed by atoms with Gasteiger partial charge in [-0.05, 0) is 37.3 Å². The zero-order chi connectivity index (χ0) is 17.5. The van der Waals surface area contributed by atoms with Crippen molar-refractivity contribution in [3.8, 4) is 0 Å². The highest BCUT2D eigenvalue weighted by Crippen LogP contribution is 2.34. The normalized spacial score (nSPS) is 11.7. The Labute approximate surface area is 139 Å². The van der Waals surface area contributed by atoms with E-state index in [2.05, 4.69) is 10.3 Å². The van der Waals surface area contributed by atoms with E-state index in [1.165, 1.54) is 12.1 Å². The summed E-state index contributed by atoms with van der Waals surface area (Å²) < 4.78 is 38.2. The van der Waals surface area contributed by atoms with Crippen LogP contribution in [0.4, 0.5) is 24.5 Å². The molecule has 3 N–H and O–H groups in total. The minimum atomic E-state index is -4.47. The molecule has 0 fully saturated rings. The number of fused-ring (bicyclic) bond motifs is 1. The van der Waals surface area contributed by atoms with E-state index in [4.69, 9.17) is 5.73 Å². The molecule has 1 aromatic carbocycles. The number of nitrogen functional groups attached to an aromatic ring is 1. The summed E-state index contributed by atoms with van der Waals surface area (Å²) in [4.78, 5) is 17.5. The van der Waals surface area contributed by atoms with E-state index in [0.717, 1.165) is 29.2 Å². The van der Waals surface area contributed by atoms with Crippen molar-refractivity contribution in [3.05, 3.63) is 52.5 Å². The number of alkyl halides is 3. The highest BCUT2D eigenvalue weighted by molar-refractivity contribution is 7.21. The minimum Gasteiger partial charge on any atom is -0.397 e. The van der Waals surface area contributed by atoms with Crippen molar-refractivity contribution in [2.45, 2.75) is 13.1 Å². The van der Waals surface area contributed by atoms with Gasteiger partial charge in [-0.15, -0.1) is 11.3 Å². The van der Waals surface area contributed by atoms with E-state index in [1.54, 1.807) is 12.1 Å². The summed E-state index contributed by atoms with van der Waals surface area (Å²) in [5.41, 5.74) is 6.25. The summed E-state index contributed by atoms with van der Waals surface area (Å²) in [5, 5.41) is 3.10. The van der Waals surface area contributed by atoms with Gasteiger partial charge < -0.3 is 11.1 Å². The molecule has 0 radical (unpaired) electrons. The maximum atomic E-state index is 12.7. The first-order chi connectivity index (χ1) is 11.3. The van der Waals surface area contributed by atoms with Gasteiger partial charge >= 0.3 is 6.18 Å². The van der Waals surface area contributed by atoms with Crippen molar-refractivity contribution in [2.24, 2.45) is 0 Å². The van der Waals surface area contributed by atoms with Crippen molar-refractivity contribution >= 4 is 38.8 Å². The Morgan fingerprint density at radius 2 is 2.00 bits per heavy atom. The largest absolute Gasteiger partial charge is 0.416 e. The number of nitrogens with one attached hydrogen (secondary N) is 1. The van der Waals surface area contributed by atoms with Crippen LogP contribution in [-0.2, 0) is 6.18 Å². The number of rotatable bonds is 2. The molecule has 0 aliphatic rings. The van der Waals surface area contributed by atoms with Gasteiger partial charge in [0.1, 0.15) is 9.71 Å². The standard InChI is InChI=1S/C16H12F3N3OS/c1-8-5-6-11-12(20)13(24-15(11)21-8)14(23)22-10-4-2-3-9(7-10)16(17,18)19/h2-7H,20H2,1H3,(H,22,23). The molecule has 2 aromatic heterocycles. The highest BCUT2D eigenvalue weighted by atomic mass is 32.1. The number of hydrogen-bond donors (Lipinski definition) is 2. The Morgan fingerprint density at radius 3 is 2.71 bits per heavy atom. The Balaban J connectivity index is 1.92. The van der Waals surface area contributed by atoms with Crippen LogP contribution in [0.25, 0.3) is 10.2 Å². The van der Waals surface area contributed by atoms with Gasteiger partial charge in [0.2, 0.25) is 0 Å². The van der Waals surface area contributed by atoms with Gasteiger partial charge in [-0.25, -0.2) is 4.98 Å². The smallest absolute Gasteiger partial charge is 0.397 e. The van der Waals surface area contributed by atoms with Crippen molar-refractivity contribution in [2.75, 3.05) is 11.1 Å². The second kappa shape index (κ2) is 5.79. The fourth-order valence-electron chi connectivity index (χ4n) is 2.22. The zero-order valence-electron chi connectivity index (χ0n) is 12.4. The van der Waals surface area contributed by atoms with Crippen LogP contribution in [-0.4, -0.2) is 10.9 Å². The average molecular weight is 351 g/mol. The van der Waals surface area contributed by atoms with Gasteiger partial charge in [0.15, 0.2) is 0 Å². The summed E-state index contributed by atoms with van der Waals surface area (Å²) in [5.74, 6) is -0.563. The molecule has 0 aliphatic carbocycles. The number of halogens is 3. The van der Waals surface area contributed by atoms with Crippen molar-refractivity contribution in [3.63, 3.8) is 0 Å². The predicted octanol–water partition coefficient (Wildman–Crippen LogP) is 4.46. The molecule has 3 rings (SSSR count). The second-order valence-corrected chi connectivity index (χ2v) is 6.18. The van der Waals surface area contributed by atoms with Crippen molar-refractivity contribution in [1.29, 1.82) is 0 Å². The van der Waals surface area contributed by atoms with Crippen molar-refractivity contribution in [1.82, 2.24) is 4.98 Å². The summed E-state index contributed by atoms with van der Waals surface area (Å²) >= 11 is 1.10. The highest BCUT2D eigenvalue weighted by Gasteiger charge is 2.30. The average Bonchev–Trinajstić information content (AvgIpc) is 2.83. The first-order valence-electron chi connectivity index (χ1n) is 6.90. The second-order valence-electron chi connectivity index (χ2n) is 5.18. The number of pyridine rings is 1. The van der Waals surface area contributed by atoms with E-state index in [9.17, 15) is 18.0 Å². The van der Waals surface area contributed by atoms with E-state index < -0.39 is 17.6 Å². The SMILES string of the molecule is Cc1ccc2c(N)c(C(=O)Nc3cccc(C(F)(F)F)c3)sc2n1. The third-order valence-corrected chi connectivity index (χ3v) is 4.50. The van der Waals surface area contributed by atoms with Gasteiger partial charge in [0.25, 0.3) is 5.91 Å². The lowest BCUT2D eigenvalue weighted by Crippen LogP contribution is -2.13. The molecule has 3 aromatic rings. The summed E-state index contributed by atoms with van der Waals surface area (Å²) in [7, 11) is 0. The maximum Gasteiger partial charge on any atom is 0.416 e. The van der Waals surface area contributed by atoms with Crippen LogP contribution in [0.1, 0.15) is 20.9 Å². The number of nitrogens with zero attached hydrogens (tertiary/aromatic N) is 1. The summed E-state index contributed by atoms with van der Waals surface area (Å²) in [6, 6.07) is 7.99. The van der Waals surface area contributed by atoms with E-state index >= 15 is 0 Å². The monoisotopic (exact) mass is 351 g/mol. The molecule has 8 heteroatoms. The number of hydrogen-bond acceptors (Lipinski definition) is 4. The van der Waals surface area contributed by atoms with Gasteiger partial charge in [0.05, 0.1) is 11.3 Å². The lowest BCUT2D eigenvalue weighted by atomic mass is 10.2. The quantitative estimate of drug-likeness (QED) is 0.716. The number of nitrogens with two attached hydrogens (primary N) is 1. The number of thiophene rings is 1. The third kappa shape index (κ3) is 3.05. The number of aryl methyl sites for hydroxylation is 1. The fourth-order valence-corrected chi connectivity index (χ4v) is 3.25. The number of anilines is 2. The van der Waals surface area contributed by atoms with Crippen LogP contribution in [0.2, 0.25) is 0 Å².